The van der Waals surface area contributed by atoms with Crippen LogP contribution in [0.1, 0.15) is 42.5 Å². The second-order valence-electron chi connectivity index (χ2n) is 5.38. The van der Waals surface area contributed by atoms with Crippen LogP contribution in [0.5, 0.6) is 5.75 Å². The van der Waals surface area contributed by atoms with Gasteiger partial charge >= 0.3 is 0 Å². The first-order chi connectivity index (χ1) is 10.2. The van der Waals surface area contributed by atoms with E-state index in [2.05, 4.69) is 10.6 Å². The average molecular weight is 347 g/mol. The molecule has 1 fully saturated rings. The molecule has 1 aliphatic carbocycles. The lowest BCUT2D eigenvalue weighted by Crippen LogP contribution is -2.27. The Labute approximate surface area is 143 Å². The SMILES string of the molecule is CNCCCNC(=O)c1cc(Cl)ccc1OC1CCCC1.Cl. The van der Waals surface area contributed by atoms with E-state index in [0.717, 1.165) is 25.8 Å². The van der Waals surface area contributed by atoms with E-state index in [0.29, 0.717) is 22.9 Å². The molecule has 6 heteroatoms. The molecular weight excluding hydrogens is 323 g/mol. The Morgan fingerprint density at radius 1 is 1.32 bits per heavy atom. The van der Waals surface area contributed by atoms with Gasteiger partial charge in [0.15, 0.2) is 0 Å². The van der Waals surface area contributed by atoms with Crippen LogP contribution in [0.3, 0.4) is 0 Å². The van der Waals surface area contributed by atoms with Crippen LogP contribution in [0.25, 0.3) is 0 Å². The highest BCUT2D eigenvalue weighted by molar-refractivity contribution is 6.31. The Kier molecular flexibility index (Phi) is 8.61. The number of rotatable bonds is 7. The molecule has 4 nitrogen and oxygen atoms in total. The Morgan fingerprint density at radius 2 is 2.05 bits per heavy atom. The topological polar surface area (TPSA) is 50.4 Å². The second kappa shape index (κ2) is 9.93. The molecular formula is C16H24Cl2N2O2. The third-order valence-corrected chi connectivity index (χ3v) is 3.91. The molecule has 1 amide bonds. The summed E-state index contributed by atoms with van der Waals surface area (Å²) in [7, 11) is 1.90. The minimum atomic E-state index is -0.124. The van der Waals surface area contributed by atoms with Gasteiger partial charge in [0.05, 0.1) is 11.7 Å². The van der Waals surface area contributed by atoms with Crippen LogP contribution >= 0.6 is 24.0 Å². The van der Waals surface area contributed by atoms with Gasteiger partial charge in [0.25, 0.3) is 5.91 Å². The predicted octanol–water partition coefficient (Wildman–Crippen LogP) is 3.42. The normalized spacial score (nSPS) is 14.5. The van der Waals surface area contributed by atoms with Gasteiger partial charge in [-0.2, -0.15) is 0 Å². The summed E-state index contributed by atoms with van der Waals surface area (Å²) in [5.41, 5.74) is 0.527. The summed E-state index contributed by atoms with van der Waals surface area (Å²) in [6, 6.07) is 5.24. The molecule has 0 heterocycles. The molecule has 0 saturated heterocycles. The van der Waals surface area contributed by atoms with Crippen LogP contribution in [-0.2, 0) is 0 Å². The maximum atomic E-state index is 12.3. The lowest BCUT2D eigenvalue weighted by molar-refractivity contribution is 0.0946. The van der Waals surface area contributed by atoms with E-state index in [1.165, 1.54) is 12.8 Å². The number of hydrogen-bond acceptors (Lipinski definition) is 3. The van der Waals surface area contributed by atoms with Crippen molar-refractivity contribution in [3.8, 4) is 5.75 Å². The van der Waals surface area contributed by atoms with Crippen molar-refractivity contribution in [2.24, 2.45) is 0 Å². The fraction of sp³-hybridized carbons (Fsp3) is 0.562. The number of hydrogen-bond donors (Lipinski definition) is 2. The Bertz CT molecular complexity index is 477. The highest BCUT2D eigenvalue weighted by atomic mass is 35.5. The summed E-state index contributed by atoms with van der Waals surface area (Å²) in [5, 5.41) is 6.51. The van der Waals surface area contributed by atoms with Gasteiger partial charge in [0.1, 0.15) is 5.75 Å². The number of amides is 1. The summed E-state index contributed by atoms with van der Waals surface area (Å²) in [5.74, 6) is 0.513. The molecule has 0 aliphatic heterocycles. The molecule has 22 heavy (non-hydrogen) atoms. The van der Waals surface area contributed by atoms with Crippen molar-refractivity contribution in [2.75, 3.05) is 20.1 Å². The van der Waals surface area contributed by atoms with Gasteiger partial charge in [0.2, 0.25) is 0 Å². The van der Waals surface area contributed by atoms with Crippen LogP contribution in [0.2, 0.25) is 5.02 Å². The van der Waals surface area contributed by atoms with E-state index >= 15 is 0 Å². The van der Waals surface area contributed by atoms with E-state index in [1.807, 2.05) is 7.05 Å². The van der Waals surface area contributed by atoms with Crippen LogP contribution in [0.4, 0.5) is 0 Å². The van der Waals surface area contributed by atoms with Crippen LogP contribution < -0.4 is 15.4 Å². The van der Waals surface area contributed by atoms with Gasteiger partial charge in [-0.3, -0.25) is 4.79 Å². The molecule has 0 bridgehead atoms. The standard InChI is InChI=1S/C16H23ClN2O2.ClH/c1-18-9-4-10-19-16(20)14-11-12(17)7-8-15(14)21-13-5-2-3-6-13;/h7-8,11,13,18H,2-6,9-10H2,1H3,(H,19,20);1H. The third kappa shape index (κ3) is 5.67. The fourth-order valence-corrected chi connectivity index (χ4v) is 2.70. The quantitative estimate of drug-likeness (QED) is 0.743. The molecule has 0 aromatic heterocycles. The fourth-order valence-electron chi connectivity index (χ4n) is 2.53. The summed E-state index contributed by atoms with van der Waals surface area (Å²) < 4.78 is 5.98. The maximum absolute atomic E-state index is 12.3. The van der Waals surface area contributed by atoms with Crippen molar-refractivity contribution in [1.29, 1.82) is 0 Å². The Morgan fingerprint density at radius 3 is 2.73 bits per heavy atom. The Balaban J connectivity index is 0.00000242. The minimum Gasteiger partial charge on any atom is -0.490 e. The van der Waals surface area contributed by atoms with Crippen LogP contribution in [0, 0.1) is 0 Å². The number of carbonyl (C=O) groups excluding carboxylic acids is 1. The van der Waals surface area contributed by atoms with Gasteiger partial charge in [-0.15, -0.1) is 12.4 Å². The summed E-state index contributed by atoms with van der Waals surface area (Å²) >= 11 is 6.02. The molecule has 0 atom stereocenters. The molecule has 0 radical (unpaired) electrons. The third-order valence-electron chi connectivity index (χ3n) is 3.67. The molecule has 1 aliphatic rings. The van der Waals surface area contributed by atoms with Crippen molar-refractivity contribution < 1.29 is 9.53 Å². The zero-order valence-electron chi connectivity index (χ0n) is 12.9. The maximum Gasteiger partial charge on any atom is 0.255 e. The largest absolute Gasteiger partial charge is 0.490 e. The van der Waals surface area contributed by atoms with Gasteiger partial charge in [-0.1, -0.05) is 11.6 Å². The predicted molar refractivity (Wildman–Crippen MR) is 92.5 cm³/mol. The highest BCUT2D eigenvalue weighted by Crippen LogP contribution is 2.28. The monoisotopic (exact) mass is 346 g/mol. The van der Waals surface area contributed by atoms with E-state index in [-0.39, 0.29) is 24.4 Å². The number of benzene rings is 1. The minimum absolute atomic E-state index is 0. The zero-order valence-corrected chi connectivity index (χ0v) is 14.4. The summed E-state index contributed by atoms with van der Waals surface area (Å²) in [6.07, 6.45) is 5.63. The van der Waals surface area contributed by atoms with E-state index in [4.69, 9.17) is 16.3 Å². The number of carbonyl (C=O) groups is 1. The van der Waals surface area contributed by atoms with Crippen molar-refractivity contribution in [3.05, 3.63) is 28.8 Å². The van der Waals surface area contributed by atoms with Crippen molar-refractivity contribution in [3.63, 3.8) is 0 Å². The molecule has 124 valence electrons. The number of halogens is 2. The molecule has 2 N–H and O–H groups in total. The zero-order chi connectivity index (χ0) is 15.1. The molecule has 2 rings (SSSR count). The van der Waals surface area contributed by atoms with E-state index in [9.17, 15) is 4.79 Å². The summed E-state index contributed by atoms with van der Waals surface area (Å²) in [6.45, 7) is 1.51. The average Bonchev–Trinajstić information content (AvgIpc) is 2.98. The highest BCUT2D eigenvalue weighted by Gasteiger charge is 2.20. The smallest absolute Gasteiger partial charge is 0.255 e. The van der Waals surface area contributed by atoms with E-state index < -0.39 is 0 Å². The molecule has 1 saturated carbocycles. The van der Waals surface area contributed by atoms with Gasteiger partial charge in [-0.05, 0) is 63.9 Å². The van der Waals surface area contributed by atoms with Crippen molar-refractivity contribution in [2.45, 2.75) is 38.2 Å². The molecule has 1 aromatic rings. The number of nitrogens with one attached hydrogen (secondary N) is 2. The second-order valence-corrected chi connectivity index (χ2v) is 5.81. The lowest BCUT2D eigenvalue weighted by atomic mass is 10.1. The first-order valence-corrected chi connectivity index (χ1v) is 7.97. The first kappa shape index (κ1) is 19.1. The molecule has 0 unspecified atom stereocenters. The lowest BCUT2D eigenvalue weighted by Gasteiger charge is -2.16. The van der Waals surface area contributed by atoms with Gasteiger partial charge in [0, 0.05) is 11.6 Å². The van der Waals surface area contributed by atoms with Crippen LogP contribution in [-0.4, -0.2) is 32.1 Å². The van der Waals surface area contributed by atoms with Crippen molar-refractivity contribution >= 4 is 29.9 Å². The van der Waals surface area contributed by atoms with Crippen molar-refractivity contribution in [1.82, 2.24) is 10.6 Å². The molecule has 0 spiro atoms. The van der Waals surface area contributed by atoms with Gasteiger partial charge in [-0.25, -0.2) is 0 Å². The summed E-state index contributed by atoms with van der Waals surface area (Å²) in [4.78, 5) is 12.3. The number of ether oxygens (including phenoxy) is 1. The van der Waals surface area contributed by atoms with E-state index in [1.54, 1.807) is 18.2 Å². The van der Waals surface area contributed by atoms with Crippen LogP contribution in [0.15, 0.2) is 18.2 Å². The molecule has 1 aromatic carbocycles. The first-order valence-electron chi connectivity index (χ1n) is 7.59. The van der Waals surface area contributed by atoms with Gasteiger partial charge < -0.3 is 15.4 Å². The Hall–Kier alpha value is -0.970.